The van der Waals surface area contributed by atoms with Crippen molar-refractivity contribution in [2.75, 3.05) is 17.7 Å². The summed E-state index contributed by atoms with van der Waals surface area (Å²) in [6.07, 6.45) is -5.26. The molecule has 0 saturated carbocycles. The first kappa shape index (κ1) is 24.3. The van der Waals surface area contributed by atoms with Crippen molar-refractivity contribution in [3.8, 4) is 0 Å². The van der Waals surface area contributed by atoms with Gasteiger partial charge in [-0.3, -0.25) is 9.78 Å². The molecule has 0 aliphatic carbocycles. The normalized spacial score (nSPS) is 25.0. The van der Waals surface area contributed by atoms with Gasteiger partial charge in [0.25, 0.3) is 11.8 Å². The van der Waals surface area contributed by atoms with Crippen LogP contribution in [0.15, 0.2) is 35.6 Å². The highest BCUT2D eigenvalue weighted by Crippen LogP contribution is 2.52. The molecule has 3 atom stereocenters. The zero-order valence-corrected chi connectivity index (χ0v) is 18.2. The van der Waals surface area contributed by atoms with Crippen molar-refractivity contribution in [2.45, 2.75) is 30.7 Å². The number of aromatic nitrogens is 2. The molecular formula is C20H17F6N5O2S. The number of anilines is 1. The van der Waals surface area contributed by atoms with Gasteiger partial charge in [-0.15, -0.1) is 0 Å². The minimum atomic E-state index is -4.70. The molecule has 4 rings (SSSR count). The van der Waals surface area contributed by atoms with Crippen molar-refractivity contribution in [2.24, 2.45) is 16.6 Å². The minimum Gasteiger partial charge on any atom is -0.379 e. The maximum Gasteiger partial charge on any atom is 0.415 e. The van der Waals surface area contributed by atoms with Crippen molar-refractivity contribution < 1.29 is 35.9 Å². The number of halogens is 6. The Kier molecular flexibility index (Phi) is 6.00. The molecule has 14 heteroatoms. The molecular weight excluding hydrogens is 488 g/mol. The Labute approximate surface area is 193 Å². The smallest absolute Gasteiger partial charge is 0.379 e. The van der Waals surface area contributed by atoms with Crippen LogP contribution in [0.5, 0.6) is 0 Å². The second-order valence-electron chi connectivity index (χ2n) is 7.89. The Morgan fingerprint density at radius 1 is 1.24 bits per heavy atom. The molecule has 0 radical (unpaired) electrons. The fourth-order valence-electron chi connectivity index (χ4n) is 3.90. The summed E-state index contributed by atoms with van der Waals surface area (Å²) < 4.78 is 87.1. The maximum atomic E-state index is 14.9. The van der Waals surface area contributed by atoms with Crippen LogP contribution in [0.25, 0.3) is 0 Å². The van der Waals surface area contributed by atoms with E-state index in [1.807, 2.05) is 0 Å². The van der Waals surface area contributed by atoms with E-state index in [1.165, 1.54) is 6.07 Å². The first-order valence-electron chi connectivity index (χ1n) is 9.79. The average Bonchev–Trinajstić information content (AvgIpc) is 3.14. The number of amides is 1. The lowest BCUT2D eigenvalue weighted by Crippen LogP contribution is -2.46. The van der Waals surface area contributed by atoms with Crippen molar-refractivity contribution >= 4 is 28.5 Å². The number of thioether (sulfide) groups is 1. The SMILES string of the molecule is CC(F)(F)c1cnc(C(=O)Nc2ccc(F)c(C34COC(C(F)(F)F)C3CSC(N)=N4)c2)cn1. The number of hydrogen-bond acceptors (Lipinski definition) is 7. The van der Waals surface area contributed by atoms with Gasteiger partial charge in [-0.1, -0.05) is 11.8 Å². The zero-order chi connectivity index (χ0) is 24.9. The third-order valence-corrected chi connectivity index (χ3v) is 6.44. The van der Waals surface area contributed by atoms with Crippen LogP contribution in [0, 0.1) is 11.7 Å². The van der Waals surface area contributed by atoms with Gasteiger partial charge in [-0.25, -0.2) is 14.4 Å². The number of hydrogen-bond donors (Lipinski definition) is 2. The first-order valence-corrected chi connectivity index (χ1v) is 10.8. The van der Waals surface area contributed by atoms with Crippen molar-refractivity contribution in [1.29, 1.82) is 0 Å². The number of rotatable bonds is 4. The third-order valence-electron chi connectivity index (χ3n) is 5.53. The molecule has 2 aliphatic heterocycles. The maximum absolute atomic E-state index is 14.9. The number of carbonyl (C=O) groups is 1. The number of benzene rings is 1. The van der Waals surface area contributed by atoms with Gasteiger partial charge in [0.1, 0.15) is 22.7 Å². The molecule has 3 N–H and O–H groups in total. The Bertz CT molecular complexity index is 1140. The number of amidine groups is 1. The van der Waals surface area contributed by atoms with Gasteiger partial charge < -0.3 is 15.8 Å². The Morgan fingerprint density at radius 2 is 1.97 bits per heavy atom. The van der Waals surface area contributed by atoms with Gasteiger partial charge in [-0.2, -0.15) is 22.0 Å². The van der Waals surface area contributed by atoms with E-state index in [1.54, 1.807) is 0 Å². The van der Waals surface area contributed by atoms with Gasteiger partial charge in [0, 0.05) is 29.8 Å². The second-order valence-corrected chi connectivity index (χ2v) is 8.93. The van der Waals surface area contributed by atoms with Crippen LogP contribution in [0.4, 0.5) is 32.0 Å². The fraction of sp³-hybridized carbons (Fsp3) is 0.400. The molecule has 1 aromatic carbocycles. The summed E-state index contributed by atoms with van der Waals surface area (Å²) in [5.41, 5.74) is 2.89. The van der Waals surface area contributed by atoms with Gasteiger partial charge in [-0.05, 0) is 18.2 Å². The van der Waals surface area contributed by atoms with Crippen LogP contribution < -0.4 is 11.1 Å². The lowest BCUT2D eigenvalue weighted by Gasteiger charge is -2.36. The number of ether oxygens (including phenoxy) is 1. The highest BCUT2D eigenvalue weighted by atomic mass is 32.2. The molecule has 2 aromatic rings. The summed E-state index contributed by atoms with van der Waals surface area (Å²) >= 11 is 0.915. The van der Waals surface area contributed by atoms with Crippen molar-refractivity contribution in [3.63, 3.8) is 0 Å². The molecule has 1 aromatic heterocycles. The highest BCUT2D eigenvalue weighted by molar-refractivity contribution is 8.13. The molecule has 182 valence electrons. The summed E-state index contributed by atoms with van der Waals surface area (Å²) in [6.45, 7) is 0.0636. The number of carbonyl (C=O) groups excluding carboxylic acids is 1. The summed E-state index contributed by atoms with van der Waals surface area (Å²) in [4.78, 5) is 23.8. The quantitative estimate of drug-likeness (QED) is 0.613. The van der Waals surface area contributed by atoms with E-state index in [0.717, 1.165) is 36.3 Å². The number of alkyl halides is 5. The molecule has 1 fully saturated rings. The van der Waals surface area contributed by atoms with Crippen LogP contribution in [0.2, 0.25) is 0 Å². The molecule has 34 heavy (non-hydrogen) atoms. The lowest BCUT2D eigenvalue weighted by atomic mass is 9.78. The molecule has 3 heterocycles. The van der Waals surface area contributed by atoms with Crippen LogP contribution >= 0.6 is 11.8 Å². The largest absolute Gasteiger partial charge is 0.415 e. The van der Waals surface area contributed by atoms with E-state index in [9.17, 15) is 31.1 Å². The molecule has 7 nitrogen and oxygen atoms in total. The molecule has 3 unspecified atom stereocenters. The molecule has 0 spiro atoms. The van der Waals surface area contributed by atoms with E-state index in [2.05, 4.69) is 20.3 Å². The van der Waals surface area contributed by atoms with Crippen LogP contribution in [0.3, 0.4) is 0 Å². The Hall–Kier alpha value is -2.87. The summed E-state index contributed by atoms with van der Waals surface area (Å²) in [5.74, 6) is -6.30. The van der Waals surface area contributed by atoms with E-state index in [4.69, 9.17) is 10.5 Å². The third kappa shape index (κ3) is 4.43. The number of nitrogens with one attached hydrogen (secondary N) is 1. The monoisotopic (exact) mass is 505 g/mol. The number of nitrogens with zero attached hydrogens (tertiary/aromatic N) is 3. The lowest BCUT2D eigenvalue weighted by molar-refractivity contribution is -0.215. The minimum absolute atomic E-state index is 0.0143. The fourth-order valence-corrected chi connectivity index (χ4v) is 4.93. The van der Waals surface area contributed by atoms with Crippen molar-refractivity contribution in [3.05, 3.63) is 53.4 Å². The molecule has 2 aliphatic rings. The van der Waals surface area contributed by atoms with Gasteiger partial charge >= 0.3 is 6.18 Å². The van der Waals surface area contributed by atoms with Gasteiger partial charge in [0.2, 0.25) is 0 Å². The zero-order valence-electron chi connectivity index (χ0n) is 17.4. The van der Waals surface area contributed by atoms with Gasteiger partial charge in [0.05, 0.1) is 19.0 Å². The summed E-state index contributed by atoms with van der Waals surface area (Å²) in [7, 11) is 0. The molecule has 1 amide bonds. The average molecular weight is 505 g/mol. The van der Waals surface area contributed by atoms with E-state index in [0.29, 0.717) is 6.92 Å². The topological polar surface area (TPSA) is 102 Å². The number of nitrogens with two attached hydrogens (primary N) is 1. The predicted molar refractivity (Wildman–Crippen MR) is 111 cm³/mol. The predicted octanol–water partition coefficient (Wildman–Crippen LogP) is 3.81. The number of fused-ring (bicyclic) bond motifs is 1. The van der Waals surface area contributed by atoms with Gasteiger partial charge in [0.15, 0.2) is 11.3 Å². The van der Waals surface area contributed by atoms with E-state index >= 15 is 0 Å². The number of aliphatic imine (C=N–C) groups is 1. The van der Waals surface area contributed by atoms with Crippen LogP contribution in [-0.4, -0.2) is 45.7 Å². The van der Waals surface area contributed by atoms with E-state index in [-0.39, 0.29) is 27.9 Å². The molecule has 1 saturated heterocycles. The van der Waals surface area contributed by atoms with Crippen molar-refractivity contribution in [1.82, 2.24) is 9.97 Å². The highest BCUT2D eigenvalue weighted by Gasteiger charge is 2.62. The summed E-state index contributed by atoms with van der Waals surface area (Å²) in [5, 5.41) is 2.39. The van der Waals surface area contributed by atoms with Crippen LogP contribution in [-0.2, 0) is 16.2 Å². The standard InChI is InChI=1S/C20H17F6N5O2S/c1-18(22,23)14-6-28-13(5-29-14)16(32)30-9-2-3-12(21)10(4-9)19-8-33-15(20(24,25)26)11(19)7-34-17(27)31-19/h2-6,11,15H,7-8H2,1H3,(H2,27,31)(H,30,32). The second kappa shape index (κ2) is 8.41. The van der Waals surface area contributed by atoms with E-state index < -0.39 is 53.7 Å². The van der Waals surface area contributed by atoms with Crippen LogP contribution in [0.1, 0.15) is 28.7 Å². The molecule has 0 bridgehead atoms. The first-order chi connectivity index (χ1) is 15.8. The Balaban J connectivity index is 1.66. The Morgan fingerprint density at radius 3 is 2.59 bits per heavy atom. The summed E-state index contributed by atoms with van der Waals surface area (Å²) in [6, 6.07) is 3.31.